The van der Waals surface area contributed by atoms with Crippen LogP contribution in [-0.2, 0) is 14.8 Å². The van der Waals surface area contributed by atoms with Gasteiger partial charge in [0.05, 0.1) is 6.26 Å². The van der Waals surface area contributed by atoms with Gasteiger partial charge in [-0.2, -0.15) is 4.31 Å². The molecule has 2 aromatic carbocycles. The maximum Gasteiger partial charge on any atom is 0.243 e. The molecule has 25 heavy (non-hydrogen) atoms. The zero-order valence-corrected chi connectivity index (χ0v) is 15.9. The SMILES string of the molecule is CN([C@@H](C(=O)NCCSc1ccccc1)c1ccccc1)S(C)(=O)=O. The topological polar surface area (TPSA) is 66.5 Å². The van der Waals surface area contributed by atoms with Crippen LogP contribution in [0.1, 0.15) is 11.6 Å². The van der Waals surface area contributed by atoms with Crippen molar-refractivity contribution in [3.63, 3.8) is 0 Å². The molecule has 1 N–H and O–H groups in total. The summed E-state index contributed by atoms with van der Waals surface area (Å²) in [6.45, 7) is 0.458. The normalized spacial score (nSPS) is 12.8. The molecule has 5 nitrogen and oxygen atoms in total. The van der Waals surface area contributed by atoms with Gasteiger partial charge in [-0.25, -0.2) is 8.42 Å². The standard InChI is InChI=1S/C18H22N2O3S2/c1-20(25(2,22)23)17(15-9-5-3-6-10-15)18(21)19-13-14-24-16-11-7-4-8-12-16/h3-12,17H,13-14H2,1-2H3,(H,19,21)/t17-/m1/s1. The van der Waals surface area contributed by atoms with Crippen molar-refractivity contribution in [2.24, 2.45) is 0 Å². The van der Waals surface area contributed by atoms with E-state index in [9.17, 15) is 13.2 Å². The molecule has 0 aromatic heterocycles. The number of rotatable bonds is 8. The number of sulfonamides is 1. The molecule has 0 heterocycles. The van der Waals surface area contributed by atoms with Crippen LogP contribution in [0.25, 0.3) is 0 Å². The fraction of sp³-hybridized carbons (Fsp3) is 0.278. The van der Waals surface area contributed by atoms with E-state index in [1.165, 1.54) is 7.05 Å². The lowest BCUT2D eigenvalue weighted by atomic mass is 10.1. The monoisotopic (exact) mass is 378 g/mol. The van der Waals surface area contributed by atoms with Crippen molar-refractivity contribution >= 4 is 27.7 Å². The lowest BCUT2D eigenvalue weighted by Crippen LogP contribution is -2.41. The van der Waals surface area contributed by atoms with Gasteiger partial charge in [0.15, 0.2) is 0 Å². The van der Waals surface area contributed by atoms with Crippen LogP contribution in [0.4, 0.5) is 0 Å². The molecule has 0 aliphatic carbocycles. The number of benzene rings is 2. The van der Waals surface area contributed by atoms with Crippen LogP contribution in [0.5, 0.6) is 0 Å². The summed E-state index contributed by atoms with van der Waals surface area (Å²) in [4.78, 5) is 13.7. The van der Waals surface area contributed by atoms with E-state index in [0.29, 0.717) is 17.9 Å². The van der Waals surface area contributed by atoms with Crippen molar-refractivity contribution in [3.05, 3.63) is 66.2 Å². The molecule has 7 heteroatoms. The number of thioether (sulfide) groups is 1. The highest BCUT2D eigenvalue weighted by atomic mass is 32.2. The van der Waals surface area contributed by atoms with E-state index in [2.05, 4.69) is 5.32 Å². The Labute approximate surface area is 153 Å². The van der Waals surface area contributed by atoms with Gasteiger partial charge in [0.2, 0.25) is 15.9 Å². The molecule has 0 fully saturated rings. The third-order valence-electron chi connectivity index (χ3n) is 3.66. The van der Waals surface area contributed by atoms with Crippen LogP contribution in [0.15, 0.2) is 65.6 Å². The van der Waals surface area contributed by atoms with Gasteiger partial charge in [0, 0.05) is 24.2 Å². The Balaban J connectivity index is 2.01. The summed E-state index contributed by atoms with van der Waals surface area (Å²) in [6.07, 6.45) is 1.10. The summed E-state index contributed by atoms with van der Waals surface area (Å²) in [5.74, 6) is 0.382. The van der Waals surface area contributed by atoms with E-state index in [0.717, 1.165) is 15.5 Å². The van der Waals surface area contributed by atoms with Gasteiger partial charge in [-0.3, -0.25) is 4.79 Å². The predicted octanol–water partition coefficient (Wildman–Crippen LogP) is 2.53. The van der Waals surface area contributed by atoms with Crippen molar-refractivity contribution in [2.45, 2.75) is 10.9 Å². The summed E-state index contributed by atoms with van der Waals surface area (Å²) < 4.78 is 24.9. The van der Waals surface area contributed by atoms with Crippen LogP contribution in [0.2, 0.25) is 0 Å². The van der Waals surface area contributed by atoms with Crippen molar-refractivity contribution in [1.82, 2.24) is 9.62 Å². The molecular weight excluding hydrogens is 356 g/mol. The first-order chi connectivity index (χ1) is 11.9. The third kappa shape index (κ3) is 5.88. The summed E-state index contributed by atoms with van der Waals surface area (Å²) in [5.41, 5.74) is 0.642. The molecule has 0 unspecified atom stereocenters. The average molecular weight is 379 g/mol. The first-order valence-electron chi connectivity index (χ1n) is 7.83. The van der Waals surface area contributed by atoms with E-state index >= 15 is 0 Å². The van der Waals surface area contributed by atoms with Crippen LogP contribution < -0.4 is 5.32 Å². The zero-order chi connectivity index (χ0) is 18.3. The fourth-order valence-corrected chi connectivity index (χ4v) is 3.70. The van der Waals surface area contributed by atoms with Gasteiger partial charge in [-0.1, -0.05) is 48.5 Å². The Morgan fingerprint density at radius 1 is 1.08 bits per heavy atom. The highest BCUT2D eigenvalue weighted by molar-refractivity contribution is 7.99. The Bertz CT molecular complexity index is 780. The smallest absolute Gasteiger partial charge is 0.243 e. The average Bonchev–Trinajstić information content (AvgIpc) is 2.60. The maximum atomic E-state index is 12.6. The van der Waals surface area contributed by atoms with Gasteiger partial charge in [-0.05, 0) is 17.7 Å². The van der Waals surface area contributed by atoms with Crippen molar-refractivity contribution in [1.29, 1.82) is 0 Å². The van der Waals surface area contributed by atoms with Crippen molar-refractivity contribution < 1.29 is 13.2 Å². The van der Waals surface area contributed by atoms with Gasteiger partial charge < -0.3 is 5.32 Å². The Kier molecular flexibility index (Phi) is 7.04. The van der Waals surface area contributed by atoms with E-state index in [1.807, 2.05) is 36.4 Å². The lowest BCUT2D eigenvalue weighted by molar-refractivity contribution is -0.124. The summed E-state index contributed by atoms with van der Waals surface area (Å²) in [7, 11) is -2.08. The summed E-state index contributed by atoms with van der Waals surface area (Å²) in [5, 5.41) is 2.84. The van der Waals surface area contributed by atoms with E-state index in [4.69, 9.17) is 0 Å². The minimum absolute atomic E-state index is 0.326. The molecule has 1 amide bonds. The van der Waals surface area contributed by atoms with E-state index < -0.39 is 16.1 Å². The molecule has 134 valence electrons. The summed E-state index contributed by atoms with van der Waals surface area (Å²) in [6, 6.07) is 17.9. The number of likely N-dealkylation sites (N-methyl/N-ethyl adjacent to an activating group) is 1. The fourth-order valence-electron chi connectivity index (χ4n) is 2.31. The number of nitrogens with zero attached hydrogens (tertiary/aromatic N) is 1. The van der Waals surface area contributed by atoms with Gasteiger partial charge in [-0.15, -0.1) is 11.8 Å². The highest BCUT2D eigenvalue weighted by Gasteiger charge is 2.30. The third-order valence-corrected chi connectivity index (χ3v) is 5.93. The van der Waals surface area contributed by atoms with E-state index in [-0.39, 0.29) is 5.91 Å². The maximum absolute atomic E-state index is 12.6. The summed E-state index contributed by atoms with van der Waals surface area (Å²) >= 11 is 1.64. The Morgan fingerprint density at radius 2 is 1.64 bits per heavy atom. The minimum atomic E-state index is -3.50. The Hall–Kier alpha value is -1.83. The molecule has 0 spiro atoms. The van der Waals surface area contributed by atoms with Crippen LogP contribution in [0, 0.1) is 0 Å². The molecule has 0 saturated carbocycles. The molecule has 0 aliphatic rings. The first-order valence-corrected chi connectivity index (χ1v) is 10.7. The Morgan fingerprint density at radius 3 is 2.20 bits per heavy atom. The lowest BCUT2D eigenvalue weighted by Gasteiger charge is -2.25. The number of carbonyl (C=O) groups is 1. The molecule has 2 rings (SSSR count). The zero-order valence-electron chi connectivity index (χ0n) is 14.3. The number of carbonyl (C=O) groups excluding carboxylic acids is 1. The molecule has 0 radical (unpaired) electrons. The van der Waals surface area contributed by atoms with Crippen LogP contribution in [0.3, 0.4) is 0 Å². The second-order valence-electron chi connectivity index (χ2n) is 5.54. The number of amides is 1. The second-order valence-corrected chi connectivity index (χ2v) is 8.76. The van der Waals surface area contributed by atoms with E-state index in [1.54, 1.807) is 36.0 Å². The predicted molar refractivity (Wildman–Crippen MR) is 102 cm³/mol. The van der Waals surface area contributed by atoms with Crippen LogP contribution >= 0.6 is 11.8 Å². The minimum Gasteiger partial charge on any atom is -0.354 e. The molecule has 0 saturated heterocycles. The molecule has 0 bridgehead atoms. The molecule has 2 aromatic rings. The van der Waals surface area contributed by atoms with Crippen LogP contribution in [-0.4, -0.2) is 44.2 Å². The second kappa shape index (κ2) is 9.03. The molecular formula is C18H22N2O3S2. The molecule has 0 aliphatic heterocycles. The quantitative estimate of drug-likeness (QED) is 0.566. The molecule has 1 atom stereocenters. The number of hydrogen-bond donors (Lipinski definition) is 1. The number of nitrogens with one attached hydrogen (secondary N) is 1. The number of hydrogen-bond acceptors (Lipinski definition) is 4. The highest BCUT2D eigenvalue weighted by Crippen LogP contribution is 2.22. The van der Waals surface area contributed by atoms with Crippen molar-refractivity contribution in [2.75, 3.05) is 25.6 Å². The van der Waals surface area contributed by atoms with Gasteiger partial charge >= 0.3 is 0 Å². The largest absolute Gasteiger partial charge is 0.354 e. The van der Waals surface area contributed by atoms with Gasteiger partial charge in [0.25, 0.3) is 0 Å². The van der Waals surface area contributed by atoms with Gasteiger partial charge in [0.1, 0.15) is 6.04 Å². The first kappa shape index (κ1) is 19.5. The van der Waals surface area contributed by atoms with Crippen molar-refractivity contribution in [3.8, 4) is 0 Å².